The van der Waals surface area contributed by atoms with Crippen molar-refractivity contribution in [3.05, 3.63) is 34.6 Å². The van der Waals surface area contributed by atoms with Gasteiger partial charge in [0.25, 0.3) is 0 Å². The molecule has 1 saturated carbocycles. The zero-order valence-electron chi connectivity index (χ0n) is 10.6. The lowest BCUT2D eigenvalue weighted by Gasteiger charge is -2.31. The molecule has 2 unspecified atom stereocenters. The molecular weight excluding hydrogens is 253 g/mol. The maximum Gasteiger partial charge on any atom is 0.130 e. The van der Waals surface area contributed by atoms with Crippen molar-refractivity contribution in [1.29, 1.82) is 0 Å². The standard InChI is InChI=1S/C14H19ClFNO/c1-17-13-7-2-3-8-14(13)18-9-10-11(15)5-4-6-12(10)16/h4-6,13-14,17H,2-3,7-9H2,1H3. The lowest BCUT2D eigenvalue weighted by atomic mass is 9.92. The molecule has 0 heterocycles. The SMILES string of the molecule is CNC1CCCCC1OCc1c(F)cccc1Cl. The van der Waals surface area contributed by atoms with Crippen molar-refractivity contribution in [3.63, 3.8) is 0 Å². The van der Waals surface area contributed by atoms with E-state index in [2.05, 4.69) is 5.32 Å². The molecule has 0 spiro atoms. The fourth-order valence-corrected chi connectivity index (χ4v) is 2.70. The second-order valence-corrected chi connectivity index (χ2v) is 5.14. The largest absolute Gasteiger partial charge is 0.372 e. The lowest BCUT2D eigenvalue weighted by Crippen LogP contribution is -2.41. The Labute approximate surface area is 112 Å². The summed E-state index contributed by atoms with van der Waals surface area (Å²) >= 11 is 5.98. The molecule has 0 aromatic heterocycles. The van der Waals surface area contributed by atoms with Crippen molar-refractivity contribution in [3.8, 4) is 0 Å². The van der Waals surface area contributed by atoms with Crippen LogP contribution in [-0.4, -0.2) is 19.2 Å². The Morgan fingerprint density at radius 2 is 2.17 bits per heavy atom. The number of benzene rings is 1. The van der Waals surface area contributed by atoms with Crippen molar-refractivity contribution < 1.29 is 9.13 Å². The van der Waals surface area contributed by atoms with E-state index in [0.717, 1.165) is 12.8 Å². The van der Waals surface area contributed by atoms with Crippen LogP contribution in [-0.2, 0) is 11.3 Å². The second-order valence-electron chi connectivity index (χ2n) is 4.73. The van der Waals surface area contributed by atoms with E-state index in [1.807, 2.05) is 7.05 Å². The van der Waals surface area contributed by atoms with E-state index in [9.17, 15) is 4.39 Å². The van der Waals surface area contributed by atoms with Crippen LogP contribution in [0.3, 0.4) is 0 Å². The molecule has 1 aliphatic rings. The number of nitrogens with one attached hydrogen (secondary N) is 1. The van der Waals surface area contributed by atoms with Crippen molar-refractivity contribution in [2.45, 2.75) is 44.4 Å². The zero-order valence-corrected chi connectivity index (χ0v) is 11.3. The third-order valence-corrected chi connectivity index (χ3v) is 3.93. The fraction of sp³-hybridized carbons (Fsp3) is 0.571. The predicted molar refractivity (Wildman–Crippen MR) is 71.3 cm³/mol. The van der Waals surface area contributed by atoms with Gasteiger partial charge in [-0.05, 0) is 32.0 Å². The van der Waals surface area contributed by atoms with Gasteiger partial charge in [0, 0.05) is 16.6 Å². The minimum Gasteiger partial charge on any atom is -0.372 e. The minimum atomic E-state index is -0.292. The van der Waals surface area contributed by atoms with E-state index >= 15 is 0 Å². The summed E-state index contributed by atoms with van der Waals surface area (Å²) < 4.78 is 19.5. The van der Waals surface area contributed by atoms with Crippen LogP contribution in [0.5, 0.6) is 0 Å². The van der Waals surface area contributed by atoms with Crippen molar-refractivity contribution in [2.24, 2.45) is 0 Å². The molecular formula is C14H19ClFNO. The smallest absolute Gasteiger partial charge is 0.130 e. The Bertz CT molecular complexity index is 379. The third kappa shape index (κ3) is 3.22. The van der Waals surface area contributed by atoms with Crippen LogP contribution in [0.4, 0.5) is 4.39 Å². The summed E-state index contributed by atoms with van der Waals surface area (Å²) in [5.74, 6) is -0.292. The second kappa shape index (κ2) is 6.50. The Morgan fingerprint density at radius 3 is 2.89 bits per heavy atom. The van der Waals surface area contributed by atoms with Gasteiger partial charge in [-0.2, -0.15) is 0 Å². The molecule has 0 aliphatic heterocycles. The number of hydrogen-bond acceptors (Lipinski definition) is 2. The zero-order chi connectivity index (χ0) is 13.0. The molecule has 2 nitrogen and oxygen atoms in total. The average Bonchev–Trinajstić information content (AvgIpc) is 2.38. The summed E-state index contributed by atoms with van der Waals surface area (Å²) in [7, 11) is 1.95. The van der Waals surface area contributed by atoms with Gasteiger partial charge in [0.2, 0.25) is 0 Å². The van der Waals surface area contributed by atoms with E-state index in [1.54, 1.807) is 12.1 Å². The van der Waals surface area contributed by atoms with Crippen LogP contribution in [0.15, 0.2) is 18.2 Å². The average molecular weight is 272 g/mol. The molecule has 0 radical (unpaired) electrons. The summed E-state index contributed by atoms with van der Waals surface area (Å²) in [6.07, 6.45) is 4.70. The predicted octanol–water partition coefficient (Wildman–Crippen LogP) is 3.53. The van der Waals surface area contributed by atoms with Crippen LogP contribution in [0.1, 0.15) is 31.2 Å². The Kier molecular flexibility index (Phi) is 4.98. The van der Waals surface area contributed by atoms with Crippen LogP contribution >= 0.6 is 11.6 Å². The highest BCUT2D eigenvalue weighted by Crippen LogP contribution is 2.25. The van der Waals surface area contributed by atoms with E-state index in [-0.39, 0.29) is 18.5 Å². The maximum atomic E-state index is 13.6. The Hall–Kier alpha value is -0.640. The number of rotatable bonds is 4. The van der Waals surface area contributed by atoms with Gasteiger partial charge in [0.15, 0.2) is 0 Å². The number of ether oxygens (including phenoxy) is 1. The summed E-state index contributed by atoms with van der Waals surface area (Å²) in [6.45, 7) is 0.244. The summed E-state index contributed by atoms with van der Waals surface area (Å²) in [5.41, 5.74) is 0.458. The van der Waals surface area contributed by atoms with Gasteiger partial charge in [-0.1, -0.05) is 30.5 Å². The first-order valence-corrected chi connectivity index (χ1v) is 6.82. The molecule has 2 rings (SSSR count). The van der Waals surface area contributed by atoms with Gasteiger partial charge in [-0.3, -0.25) is 0 Å². The molecule has 1 aromatic rings. The molecule has 4 heteroatoms. The van der Waals surface area contributed by atoms with Gasteiger partial charge in [-0.25, -0.2) is 4.39 Å². The quantitative estimate of drug-likeness (QED) is 0.905. The highest BCUT2D eigenvalue weighted by molar-refractivity contribution is 6.31. The van der Waals surface area contributed by atoms with Crippen LogP contribution in [0, 0.1) is 5.82 Å². The molecule has 1 aromatic carbocycles. The molecule has 1 N–H and O–H groups in total. The van der Waals surface area contributed by atoms with Crippen molar-refractivity contribution >= 4 is 11.6 Å². The molecule has 1 aliphatic carbocycles. The van der Waals surface area contributed by atoms with Gasteiger partial charge >= 0.3 is 0 Å². The number of hydrogen-bond donors (Lipinski definition) is 1. The van der Waals surface area contributed by atoms with Crippen LogP contribution in [0.25, 0.3) is 0 Å². The van der Waals surface area contributed by atoms with Crippen molar-refractivity contribution in [2.75, 3.05) is 7.05 Å². The lowest BCUT2D eigenvalue weighted by molar-refractivity contribution is -0.00466. The number of likely N-dealkylation sites (N-methyl/N-ethyl adjacent to an activating group) is 1. The van der Waals surface area contributed by atoms with Gasteiger partial charge < -0.3 is 10.1 Å². The van der Waals surface area contributed by atoms with Crippen LogP contribution in [0.2, 0.25) is 5.02 Å². The summed E-state index contributed by atoms with van der Waals surface area (Å²) in [6, 6.07) is 5.09. The van der Waals surface area contributed by atoms with Gasteiger partial charge in [0.05, 0.1) is 12.7 Å². The highest BCUT2D eigenvalue weighted by atomic mass is 35.5. The molecule has 0 amide bonds. The fourth-order valence-electron chi connectivity index (χ4n) is 2.49. The maximum absolute atomic E-state index is 13.6. The molecule has 0 saturated heterocycles. The minimum absolute atomic E-state index is 0.152. The van der Waals surface area contributed by atoms with E-state index in [1.165, 1.54) is 18.9 Å². The first-order valence-electron chi connectivity index (χ1n) is 6.44. The monoisotopic (exact) mass is 271 g/mol. The molecule has 100 valence electrons. The van der Waals surface area contributed by atoms with E-state index in [4.69, 9.17) is 16.3 Å². The first-order chi connectivity index (χ1) is 8.72. The van der Waals surface area contributed by atoms with Crippen LogP contribution < -0.4 is 5.32 Å². The molecule has 1 fully saturated rings. The van der Waals surface area contributed by atoms with Crippen molar-refractivity contribution in [1.82, 2.24) is 5.32 Å². The summed E-state index contributed by atoms with van der Waals surface area (Å²) in [5, 5.41) is 3.70. The topological polar surface area (TPSA) is 21.3 Å². The highest BCUT2D eigenvalue weighted by Gasteiger charge is 2.24. The third-order valence-electron chi connectivity index (χ3n) is 3.58. The van der Waals surface area contributed by atoms with E-state index < -0.39 is 0 Å². The summed E-state index contributed by atoms with van der Waals surface area (Å²) in [4.78, 5) is 0. The number of halogens is 2. The first kappa shape index (κ1) is 13.8. The normalized spacial score (nSPS) is 24.2. The molecule has 2 atom stereocenters. The van der Waals surface area contributed by atoms with E-state index in [0.29, 0.717) is 16.6 Å². The Balaban J connectivity index is 1.98. The van der Waals surface area contributed by atoms with Gasteiger partial charge in [0.1, 0.15) is 5.82 Å². The molecule has 18 heavy (non-hydrogen) atoms. The molecule has 0 bridgehead atoms. The Morgan fingerprint density at radius 1 is 1.39 bits per heavy atom. The van der Waals surface area contributed by atoms with Gasteiger partial charge in [-0.15, -0.1) is 0 Å².